The van der Waals surface area contributed by atoms with Crippen LogP contribution in [-0.4, -0.2) is 29.9 Å². The van der Waals surface area contributed by atoms with Gasteiger partial charge in [-0.05, 0) is 37.0 Å². The third-order valence-electron chi connectivity index (χ3n) is 3.32. The molecule has 0 spiro atoms. The van der Waals surface area contributed by atoms with Gasteiger partial charge in [0.25, 0.3) is 0 Å². The maximum Gasteiger partial charge on any atom is 0.218 e. The molecule has 5 nitrogen and oxygen atoms in total. The Morgan fingerprint density at radius 1 is 1.04 bits per heavy atom. The normalized spacial score (nSPS) is 15.7. The molecule has 9 heteroatoms. The number of hydrogen-bond donors (Lipinski definition) is 2. The van der Waals surface area contributed by atoms with Crippen molar-refractivity contribution in [3.63, 3.8) is 0 Å². The lowest BCUT2D eigenvalue weighted by molar-refractivity contribution is 0.339. The van der Waals surface area contributed by atoms with Crippen molar-refractivity contribution >= 4 is 36.7 Å². The van der Waals surface area contributed by atoms with Crippen LogP contribution >= 0.6 is 24.8 Å². The zero-order valence-corrected chi connectivity index (χ0v) is 14.2. The zero-order chi connectivity index (χ0) is 15.2. The number of benzene rings is 1. The molecule has 1 aromatic carbocycles. The summed E-state index contributed by atoms with van der Waals surface area (Å²) in [4.78, 5) is 10.0. The van der Waals surface area contributed by atoms with E-state index in [1.165, 1.54) is 12.5 Å². The van der Waals surface area contributed by atoms with Gasteiger partial charge in [-0.3, -0.25) is 0 Å². The van der Waals surface area contributed by atoms with Crippen molar-refractivity contribution in [1.29, 1.82) is 0 Å². The molecule has 0 atom stereocenters. The highest BCUT2D eigenvalue weighted by Crippen LogP contribution is 2.10. The number of guanidine groups is 2. The van der Waals surface area contributed by atoms with Crippen LogP contribution in [0.15, 0.2) is 28.2 Å². The van der Waals surface area contributed by atoms with Crippen molar-refractivity contribution in [3.8, 4) is 0 Å². The fraction of sp³-hybridized carbons (Fsp3) is 0.429. The molecule has 1 aromatic rings. The number of nitrogens with two attached hydrogens (primary N) is 2. The monoisotopic (exact) mass is 367 g/mol. The highest BCUT2D eigenvalue weighted by molar-refractivity contribution is 5.93. The number of aliphatic imine (C=N–C) groups is 2. The number of rotatable bonds is 2. The molecule has 1 fully saturated rings. The van der Waals surface area contributed by atoms with E-state index in [0.29, 0.717) is 11.5 Å². The average Bonchev–Trinajstić information content (AvgIpc) is 2.49. The maximum atomic E-state index is 13.0. The number of hydrogen-bond acceptors (Lipinski definition) is 1. The molecule has 1 heterocycles. The van der Waals surface area contributed by atoms with E-state index in [2.05, 4.69) is 9.98 Å². The van der Waals surface area contributed by atoms with E-state index < -0.39 is 11.6 Å². The average molecular weight is 368 g/mol. The zero-order valence-electron chi connectivity index (χ0n) is 12.5. The van der Waals surface area contributed by atoms with E-state index in [0.717, 1.165) is 38.1 Å². The lowest BCUT2D eigenvalue weighted by Gasteiger charge is -2.27. The van der Waals surface area contributed by atoms with Gasteiger partial charge in [-0.2, -0.15) is 4.99 Å². The van der Waals surface area contributed by atoms with Crippen molar-refractivity contribution in [2.45, 2.75) is 25.8 Å². The molecular formula is C14H21Cl2F2N5. The Morgan fingerprint density at radius 2 is 1.70 bits per heavy atom. The Labute approximate surface area is 146 Å². The summed E-state index contributed by atoms with van der Waals surface area (Å²) in [5, 5.41) is 0. The Bertz CT molecular complexity index is 560. The number of likely N-dealkylation sites (tertiary alicyclic amines) is 1. The van der Waals surface area contributed by atoms with Gasteiger partial charge < -0.3 is 16.4 Å². The summed E-state index contributed by atoms with van der Waals surface area (Å²) in [5.74, 6) is -1.41. The van der Waals surface area contributed by atoms with Crippen LogP contribution < -0.4 is 11.5 Å². The minimum atomic E-state index is -0.905. The van der Waals surface area contributed by atoms with Crippen LogP contribution in [0.1, 0.15) is 24.8 Å². The molecule has 0 unspecified atom stereocenters. The standard InChI is InChI=1S/C14H19F2N5.2ClH/c15-11-5-4-10(8-12(11)16)9-19-13(17)20-14(18)21-6-2-1-3-7-21;;/h4-5,8H,1-3,6-7,9H2,(H4,17,18,19,20);2*1H. The van der Waals surface area contributed by atoms with Gasteiger partial charge in [0.05, 0.1) is 6.54 Å². The lowest BCUT2D eigenvalue weighted by atomic mass is 10.1. The first kappa shape index (κ1) is 21.4. The molecular weight excluding hydrogens is 347 g/mol. The minimum Gasteiger partial charge on any atom is -0.369 e. The molecule has 0 saturated carbocycles. The van der Waals surface area contributed by atoms with Gasteiger partial charge in [-0.25, -0.2) is 13.8 Å². The molecule has 23 heavy (non-hydrogen) atoms. The van der Waals surface area contributed by atoms with Crippen molar-refractivity contribution < 1.29 is 8.78 Å². The third-order valence-corrected chi connectivity index (χ3v) is 3.32. The van der Waals surface area contributed by atoms with E-state index >= 15 is 0 Å². The Balaban J connectivity index is 0.00000242. The molecule has 0 amide bonds. The fourth-order valence-electron chi connectivity index (χ4n) is 2.16. The van der Waals surface area contributed by atoms with E-state index in [-0.39, 0.29) is 37.3 Å². The summed E-state index contributed by atoms with van der Waals surface area (Å²) >= 11 is 0. The highest BCUT2D eigenvalue weighted by Gasteiger charge is 2.12. The summed E-state index contributed by atoms with van der Waals surface area (Å²) in [7, 11) is 0. The molecule has 0 bridgehead atoms. The molecule has 2 rings (SSSR count). The molecule has 1 aliphatic heterocycles. The second-order valence-corrected chi connectivity index (χ2v) is 4.94. The quantitative estimate of drug-likeness (QED) is 0.622. The molecule has 0 radical (unpaired) electrons. The van der Waals surface area contributed by atoms with Gasteiger partial charge in [-0.15, -0.1) is 24.8 Å². The predicted octanol–water partition coefficient (Wildman–Crippen LogP) is 2.42. The van der Waals surface area contributed by atoms with Crippen LogP contribution in [0, 0.1) is 11.6 Å². The van der Waals surface area contributed by atoms with Gasteiger partial charge in [0.2, 0.25) is 5.96 Å². The van der Waals surface area contributed by atoms with E-state index in [1.807, 2.05) is 4.90 Å². The highest BCUT2D eigenvalue weighted by atomic mass is 35.5. The Morgan fingerprint density at radius 3 is 2.30 bits per heavy atom. The summed E-state index contributed by atoms with van der Waals surface area (Å²) in [6.07, 6.45) is 3.37. The third kappa shape index (κ3) is 6.58. The van der Waals surface area contributed by atoms with Crippen LogP contribution in [0.5, 0.6) is 0 Å². The van der Waals surface area contributed by atoms with Crippen LogP contribution in [0.3, 0.4) is 0 Å². The smallest absolute Gasteiger partial charge is 0.218 e. The van der Waals surface area contributed by atoms with Crippen molar-refractivity contribution in [1.82, 2.24) is 4.90 Å². The van der Waals surface area contributed by atoms with Crippen molar-refractivity contribution in [3.05, 3.63) is 35.4 Å². The van der Waals surface area contributed by atoms with E-state index in [1.54, 1.807) is 0 Å². The van der Waals surface area contributed by atoms with Crippen LogP contribution in [0.2, 0.25) is 0 Å². The largest absolute Gasteiger partial charge is 0.369 e. The number of nitrogens with zero attached hydrogens (tertiary/aromatic N) is 3. The van der Waals surface area contributed by atoms with Crippen LogP contribution in [0.4, 0.5) is 8.78 Å². The Hall–Kier alpha value is -1.60. The molecule has 0 aliphatic carbocycles. The van der Waals surface area contributed by atoms with Gasteiger partial charge in [0.15, 0.2) is 17.6 Å². The van der Waals surface area contributed by atoms with Gasteiger partial charge in [0.1, 0.15) is 0 Å². The first-order valence-corrected chi connectivity index (χ1v) is 6.89. The second-order valence-electron chi connectivity index (χ2n) is 4.94. The van der Waals surface area contributed by atoms with Crippen LogP contribution in [0.25, 0.3) is 0 Å². The topological polar surface area (TPSA) is 80.0 Å². The summed E-state index contributed by atoms with van der Waals surface area (Å²) in [5.41, 5.74) is 12.1. The first-order valence-electron chi connectivity index (χ1n) is 6.89. The van der Waals surface area contributed by atoms with Gasteiger partial charge >= 0.3 is 0 Å². The van der Waals surface area contributed by atoms with Crippen molar-refractivity contribution in [2.24, 2.45) is 21.5 Å². The second kappa shape index (κ2) is 10.2. The SMILES string of the molecule is Cl.Cl.NC(=NCc1ccc(F)c(F)c1)/N=C(/N)N1CCCCC1. The van der Waals surface area contributed by atoms with Crippen LogP contribution in [-0.2, 0) is 6.54 Å². The predicted molar refractivity (Wildman–Crippen MR) is 93.2 cm³/mol. The van der Waals surface area contributed by atoms with E-state index in [9.17, 15) is 8.78 Å². The Kier molecular flexibility index (Phi) is 9.52. The molecule has 1 saturated heterocycles. The lowest BCUT2D eigenvalue weighted by Crippen LogP contribution is -2.41. The minimum absolute atomic E-state index is 0. The molecule has 4 N–H and O–H groups in total. The summed E-state index contributed by atoms with van der Waals surface area (Å²) in [6.45, 7) is 1.86. The summed E-state index contributed by atoms with van der Waals surface area (Å²) in [6, 6.07) is 3.60. The van der Waals surface area contributed by atoms with Gasteiger partial charge in [0, 0.05) is 13.1 Å². The van der Waals surface area contributed by atoms with E-state index in [4.69, 9.17) is 11.5 Å². The maximum absolute atomic E-state index is 13.0. The number of piperidine rings is 1. The molecule has 0 aromatic heterocycles. The molecule has 1 aliphatic rings. The molecule has 130 valence electrons. The van der Waals surface area contributed by atoms with Gasteiger partial charge in [-0.1, -0.05) is 6.07 Å². The number of halogens is 4. The fourth-order valence-corrected chi connectivity index (χ4v) is 2.16. The first-order chi connectivity index (χ1) is 10.1. The summed E-state index contributed by atoms with van der Waals surface area (Å²) < 4.78 is 25.8. The van der Waals surface area contributed by atoms with Crippen molar-refractivity contribution in [2.75, 3.05) is 13.1 Å².